The van der Waals surface area contributed by atoms with E-state index in [1.807, 2.05) is 39.0 Å². The number of anilines is 1. The first-order valence-corrected chi connectivity index (χ1v) is 9.66. The number of carbonyl (C=O) groups is 2. The van der Waals surface area contributed by atoms with Gasteiger partial charge in [0.05, 0.1) is 0 Å². The van der Waals surface area contributed by atoms with Gasteiger partial charge in [0.25, 0.3) is 0 Å². The van der Waals surface area contributed by atoms with Gasteiger partial charge in [-0.15, -0.1) is 0 Å². The summed E-state index contributed by atoms with van der Waals surface area (Å²) in [4.78, 5) is 36.8. The number of urea groups is 1. The smallest absolute Gasteiger partial charge is 0.336 e. The van der Waals surface area contributed by atoms with E-state index in [0.29, 0.717) is 22.2 Å². The van der Waals surface area contributed by atoms with Crippen LogP contribution in [0.2, 0.25) is 0 Å². The van der Waals surface area contributed by atoms with Crippen LogP contribution >= 0.6 is 0 Å². The minimum atomic E-state index is -0.845. The van der Waals surface area contributed by atoms with Crippen molar-refractivity contribution in [1.29, 1.82) is 0 Å². The summed E-state index contributed by atoms with van der Waals surface area (Å²) in [5.41, 5.74) is 2.04. The summed E-state index contributed by atoms with van der Waals surface area (Å²) in [6.45, 7) is 5.41. The first kappa shape index (κ1) is 21.1. The lowest BCUT2D eigenvalue weighted by Crippen LogP contribution is -2.47. The number of fused-ring (bicyclic) bond motifs is 1. The van der Waals surface area contributed by atoms with Crippen LogP contribution in [0.3, 0.4) is 0 Å². The van der Waals surface area contributed by atoms with Crippen LogP contribution in [0, 0.1) is 12.8 Å². The van der Waals surface area contributed by atoms with Crippen molar-refractivity contribution in [3.05, 3.63) is 76.1 Å². The number of hydrogen-bond acceptors (Lipinski definition) is 5. The fourth-order valence-electron chi connectivity index (χ4n) is 3.02. The predicted molar refractivity (Wildman–Crippen MR) is 114 cm³/mol. The lowest BCUT2D eigenvalue weighted by molar-refractivity contribution is -0.148. The Morgan fingerprint density at radius 3 is 2.50 bits per heavy atom. The van der Waals surface area contributed by atoms with Gasteiger partial charge in [-0.05, 0) is 36.6 Å². The van der Waals surface area contributed by atoms with Crippen molar-refractivity contribution < 1.29 is 18.7 Å². The van der Waals surface area contributed by atoms with E-state index in [1.54, 1.807) is 30.3 Å². The van der Waals surface area contributed by atoms with Crippen molar-refractivity contribution in [2.24, 2.45) is 5.92 Å². The highest BCUT2D eigenvalue weighted by Crippen LogP contribution is 2.19. The number of ether oxygens (including phenoxy) is 1. The maximum absolute atomic E-state index is 12.7. The maximum Gasteiger partial charge on any atom is 0.336 e. The zero-order chi connectivity index (χ0) is 21.7. The van der Waals surface area contributed by atoms with Crippen LogP contribution in [-0.4, -0.2) is 18.0 Å². The fourth-order valence-corrected chi connectivity index (χ4v) is 3.02. The monoisotopic (exact) mass is 408 g/mol. The predicted octanol–water partition coefficient (Wildman–Crippen LogP) is 3.99. The average Bonchev–Trinajstić information content (AvgIpc) is 2.70. The van der Waals surface area contributed by atoms with Crippen LogP contribution in [0.15, 0.2) is 63.8 Å². The fraction of sp³-hybridized carbons (Fsp3) is 0.261. The molecule has 0 unspecified atom stereocenters. The Morgan fingerprint density at radius 1 is 1.07 bits per heavy atom. The maximum atomic E-state index is 12.7. The van der Waals surface area contributed by atoms with Crippen LogP contribution in [0.4, 0.5) is 10.5 Å². The van der Waals surface area contributed by atoms with Gasteiger partial charge >= 0.3 is 17.6 Å². The second-order valence-electron chi connectivity index (χ2n) is 7.38. The third-order valence-corrected chi connectivity index (χ3v) is 4.59. The molecule has 1 atom stereocenters. The first-order chi connectivity index (χ1) is 14.3. The summed E-state index contributed by atoms with van der Waals surface area (Å²) in [6.07, 6.45) is 0. The molecule has 156 valence electrons. The lowest BCUT2D eigenvalue weighted by atomic mass is 10.0. The minimum Gasteiger partial charge on any atom is -0.459 e. The average molecular weight is 408 g/mol. The summed E-state index contributed by atoms with van der Waals surface area (Å²) in [5, 5.41) is 6.03. The zero-order valence-corrected chi connectivity index (χ0v) is 17.1. The van der Waals surface area contributed by atoms with Gasteiger partial charge in [0.2, 0.25) is 0 Å². The molecule has 0 aliphatic heterocycles. The molecule has 3 rings (SSSR count). The Balaban J connectivity index is 1.69. The van der Waals surface area contributed by atoms with E-state index in [9.17, 15) is 14.4 Å². The molecule has 0 aliphatic rings. The van der Waals surface area contributed by atoms with Crippen LogP contribution in [-0.2, 0) is 16.1 Å². The minimum absolute atomic E-state index is 0.102. The molecule has 2 amide bonds. The van der Waals surface area contributed by atoms with Gasteiger partial charge < -0.3 is 19.8 Å². The van der Waals surface area contributed by atoms with Gasteiger partial charge in [0.15, 0.2) is 0 Å². The van der Waals surface area contributed by atoms with Crippen molar-refractivity contribution in [2.45, 2.75) is 33.4 Å². The van der Waals surface area contributed by atoms with Gasteiger partial charge in [-0.1, -0.05) is 44.2 Å². The third-order valence-electron chi connectivity index (χ3n) is 4.59. The second-order valence-corrected chi connectivity index (χ2v) is 7.38. The molecule has 30 heavy (non-hydrogen) atoms. The summed E-state index contributed by atoms with van der Waals surface area (Å²) >= 11 is 0. The van der Waals surface area contributed by atoms with E-state index < -0.39 is 23.7 Å². The first-order valence-electron chi connectivity index (χ1n) is 9.66. The number of hydrogen-bond donors (Lipinski definition) is 2. The number of benzene rings is 2. The highest BCUT2D eigenvalue weighted by Gasteiger charge is 2.26. The Labute approximate surface area is 174 Å². The molecular weight excluding hydrogens is 384 g/mol. The van der Waals surface area contributed by atoms with Crippen molar-refractivity contribution in [2.75, 3.05) is 5.32 Å². The molecule has 7 nitrogen and oxygen atoms in total. The number of rotatable bonds is 6. The lowest BCUT2D eigenvalue weighted by Gasteiger charge is -2.21. The molecule has 0 spiro atoms. The molecular formula is C23H24N2O5. The van der Waals surface area contributed by atoms with Gasteiger partial charge in [-0.2, -0.15) is 0 Å². The zero-order valence-electron chi connectivity index (χ0n) is 17.1. The molecule has 0 saturated carbocycles. The number of para-hydroxylation sites is 1. The number of carbonyl (C=O) groups excluding carboxylic acids is 2. The molecule has 0 saturated heterocycles. The molecule has 0 radical (unpaired) electrons. The van der Waals surface area contributed by atoms with Crippen molar-refractivity contribution >= 4 is 28.7 Å². The van der Waals surface area contributed by atoms with Crippen LogP contribution in [0.5, 0.6) is 0 Å². The van der Waals surface area contributed by atoms with Crippen molar-refractivity contribution in [3.8, 4) is 0 Å². The Kier molecular flexibility index (Phi) is 6.51. The van der Waals surface area contributed by atoms with Gasteiger partial charge in [0, 0.05) is 22.7 Å². The number of amides is 2. The Bertz CT molecular complexity index is 1110. The van der Waals surface area contributed by atoms with E-state index in [1.165, 1.54) is 6.07 Å². The Morgan fingerprint density at radius 2 is 1.80 bits per heavy atom. The van der Waals surface area contributed by atoms with Crippen molar-refractivity contribution in [3.63, 3.8) is 0 Å². The topological polar surface area (TPSA) is 97.6 Å². The molecule has 0 fully saturated rings. The molecule has 3 aromatic rings. The van der Waals surface area contributed by atoms with Crippen LogP contribution in [0.25, 0.3) is 11.0 Å². The summed E-state index contributed by atoms with van der Waals surface area (Å²) in [6, 6.07) is 14.4. The molecule has 7 heteroatoms. The second kappa shape index (κ2) is 9.26. The van der Waals surface area contributed by atoms with Gasteiger partial charge in [-0.25, -0.2) is 14.4 Å². The van der Waals surface area contributed by atoms with Gasteiger partial charge in [-0.3, -0.25) is 0 Å². The quantitative estimate of drug-likeness (QED) is 0.475. The summed E-state index contributed by atoms with van der Waals surface area (Å²) < 4.78 is 10.7. The third kappa shape index (κ3) is 5.26. The number of nitrogens with one attached hydrogen (secondary N) is 2. The molecule has 2 N–H and O–H groups in total. The standard InChI is InChI=1S/C23H24N2O5/c1-14(2)21(25-23(28)24-17-7-5-4-6-8-17)22(27)29-13-16-12-20(26)30-19-11-15(3)9-10-18(16)19/h4-12,14,21H,13H2,1-3H3,(H2,24,25,28)/t21-/m1/s1. The molecule has 0 bridgehead atoms. The Hall–Kier alpha value is -3.61. The van der Waals surface area contributed by atoms with Crippen molar-refractivity contribution in [1.82, 2.24) is 5.32 Å². The van der Waals surface area contributed by atoms with E-state index in [-0.39, 0.29) is 12.5 Å². The summed E-state index contributed by atoms with van der Waals surface area (Å²) in [7, 11) is 0. The van der Waals surface area contributed by atoms with Crippen LogP contribution < -0.4 is 16.3 Å². The SMILES string of the molecule is Cc1ccc2c(COC(=O)[C@H](NC(=O)Nc3ccccc3)C(C)C)cc(=O)oc2c1. The highest BCUT2D eigenvalue weighted by molar-refractivity contribution is 5.92. The molecule has 2 aromatic carbocycles. The van der Waals surface area contributed by atoms with Crippen LogP contribution in [0.1, 0.15) is 25.0 Å². The van der Waals surface area contributed by atoms with E-state index in [0.717, 1.165) is 5.56 Å². The highest BCUT2D eigenvalue weighted by atomic mass is 16.5. The van der Waals surface area contributed by atoms with E-state index >= 15 is 0 Å². The van der Waals surface area contributed by atoms with E-state index in [2.05, 4.69) is 10.6 Å². The largest absolute Gasteiger partial charge is 0.459 e. The van der Waals surface area contributed by atoms with E-state index in [4.69, 9.17) is 9.15 Å². The molecule has 0 aliphatic carbocycles. The molecule has 1 aromatic heterocycles. The number of esters is 1. The van der Waals surface area contributed by atoms with Gasteiger partial charge in [0.1, 0.15) is 18.2 Å². The normalized spacial score (nSPS) is 11.9. The number of aryl methyl sites for hydroxylation is 1. The molecule has 1 heterocycles. The summed E-state index contributed by atoms with van der Waals surface area (Å²) in [5.74, 6) is -0.777.